The second kappa shape index (κ2) is 7.36. The summed E-state index contributed by atoms with van der Waals surface area (Å²) < 4.78 is 5.49. The average molecular weight is 471 g/mol. The van der Waals surface area contributed by atoms with Gasteiger partial charge in [-0.2, -0.15) is 0 Å². The van der Waals surface area contributed by atoms with Gasteiger partial charge in [-0.3, -0.25) is 4.79 Å². The van der Waals surface area contributed by atoms with E-state index < -0.39 is 0 Å². The zero-order chi connectivity index (χ0) is 24.9. The van der Waals surface area contributed by atoms with Gasteiger partial charge < -0.3 is 9.84 Å². The lowest BCUT2D eigenvalue weighted by atomic mass is 9.33. The molecule has 0 aromatic rings. The molecule has 1 N–H and O–H groups in total. The molecule has 0 spiro atoms. The third-order valence-corrected chi connectivity index (χ3v) is 13.2. The van der Waals surface area contributed by atoms with Gasteiger partial charge in [-0.15, -0.1) is 0 Å². The van der Waals surface area contributed by atoms with Crippen LogP contribution in [-0.4, -0.2) is 24.3 Å². The first kappa shape index (κ1) is 24.8. The first-order valence-electron chi connectivity index (χ1n) is 14.2. The molecule has 0 saturated heterocycles. The van der Waals surface area contributed by atoms with Gasteiger partial charge in [-0.25, -0.2) is 0 Å². The fraction of sp³-hybridized carbons (Fsp3) is 0.903. The van der Waals surface area contributed by atoms with Crippen LogP contribution in [0.25, 0.3) is 0 Å². The van der Waals surface area contributed by atoms with Crippen molar-refractivity contribution < 1.29 is 14.6 Å². The Morgan fingerprint density at radius 3 is 2.26 bits per heavy atom. The minimum Gasteiger partial charge on any atom is -0.469 e. The molecule has 0 aliphatic heterocycles. The normalized spacial score (nSPS) is 51.1. The summed E-state index contributed by atoms with van der Waals surface area (Å²) in [5.41, 5.74) is 2.18. The summed E-state index contributed by atoms with van der Waals surface area (Å²) in [6, 6.07) is 0. The van der Waals surface area contributed by atoms with Crippen molar-refractivity contribution in [3.05, 3.63) is 11.6 Å². The van der Waals surface area contributed by atoms with Gasteiger partial charge in [-0.1, -0.05) is 60.1 Å². The first-order valence-corrected chi connectivity index (χ1v) is 14.2. The van der Waals surface area contributed by atoms with Crippen molar-refractivity contribution in [2.24, 2.45) is 50.2 Å². The van der Waals surface area contributed by atoms with Crippen LogP contribution in [0.4, 0.5) is 0 Å². The van der Waals surface area contributed by atoms with Crippen LogP contribution in [0.5, 0.6) is 0 Å². The lowest BCUT2D eigenvalue weighted by Gasteiger charge is -2.71. The number of aliphatic hydroxyl groups excluding tert-OH is 1. The van der Waals surface area contributed by atoms with Crippen LogP contribution in [0.15, 0.2) is 11.6 Å². The van der Waals surface area contributed by atoms with Crippen LogP contribution in [0, 0.1) is 50.2 Å². The zero-order valence-corrected chi connectivity index (χ0v) is 23.2. The van der Waals surface area contributed by atoms with Gasteiger partial charge in [0, 0.05) is 0 Å². The van der Waals surface area contributed by atoms with E-state index in [0.29, 0.717) is 17.8 Å². The van der Waals surface area contributed by atoms with E-state index in [1.54, 1.807) is 12.7 Å². The molecule has 0 amide bonds. The second-order valence-corrected chi connectivity index (χ2v) is 15.2. The highest BCUT2D eigenvalue weighted by molar-refractivity contribution is 5.78. The number of fused-ring (bicyclic) bond motifs is 7. The molecule has 5 aliphatic rings. The van der Waals surface area contributed by atoms with Crippen LogP contribution in [-0.2, 0) is 9.53 Å². The van der Waals surface area contributed by atoms with Crippen LogP contribution < -0.4 is 0 Å². The van der Waals surface area contributed by atoms with Gasteiger partial charge in [-0.05, 0) is 109 Å². The van der Waals surface area contributed by atoms with E-state index in [1.807, 2.05) is 0 Å². The molecule has 4 saturated carbocycles. The predicted molar refractivity (Wildman–Crippen MR) is 137 cm³/mol. The Balaban J connectivity index is 1.60. The Labute approximate surface area is 208 Å². The molecule has 0 bridgehead atoms. The number of hydrogen-bond acceptors (Lipinski definition) is 3. The summed E-state index contributed by atoms with van der Waals surface area (Å²) in [5.74, 6) is 1.57. The Hall–Kier alpha value is -0.830. The van der Waals surface area contributed by atoms with Crippen molar-refractivity contribution in [1.82, 2.24) is 0 Å². The molecular weight excluding hydrogens is 420 g/mol. The second-order valence-electron chi connectivity index (χ2n) is 15.2. The van der Waals surface area contributed by atoms with E-state index in [1.165, 1.54) is 12.8 Å². The van der Waals surface area contributed by atoms with Crippen molar-refractivity contribution in [2.45, 2.75) is 119 Å². The van der Waals surface area contributed by atoms with Crippen molar-refractivity contribution in [3.8, 4) is 0 Å². The maximum absolute atomic E-state index is 13.3. The fourth-order valence-corrected chi connectivity index (χ4v) is 10.8. The van der Waals surface area contributed by atoms with E-state index in [9.17, 15) is 9.90 Å². The molecule has 0 aromatic heterocycles. The van der Waals surface area contributed by atoms with E-state index in [2.05, 4.69) is 54.5 Å². The number of aliphatic hydroxyl groups is 1. The number of hydrogen-bond donors (Lipinski definition) is 1. The largest absolute Gasteiger partial charge is 0.469 e. The maximum atomic E-state index is 13.3. The van der Waals surface area contributed by atoms with E-state index in [0.717, 1.165) is 51.4 Å². The molecular formula is C31H50O3. The number of ether oxygens (including phenoxy) is 1. The van der Waals surface area contributed by atoms with E-state index in [4.69, 9.17) is 4.74 Å². The van der Waals surface area contributed by atoms with Gasteiger partial charge in [0.15, 0.2) is 0 Å². The molecule has 0 unspecified atom stereocenters. The lowest BCUT2D eigenvalue weighted by Crippen LogP contribution is -2.65. The van der Waals surface area contributed by atoms with Crippen LogP contribution in [0.1, 0.15) is 113 Å². The quantitative estimate of drug-likeness (QED) is 0.322. The fourth-order valence-electron chi connectivity index (χ4n) is 10.8. The minimum absolute atomic E-state index is 0.0147. The molecule has 8 atom stereocenters. The highest BCUT2D eigenvalue weighted by atomic mass is 16.5. The van der Waals surface area contributed by atoms with Gasteiger partial charge in [0.2, 0.25) is 0 Å². The molecule has 34 heavy (non-hydrogen) atoms. The minimum atomic E-state index is -0.323. The van der Waals surface area contributed by atoms with Crippen molar-refractivity contribution in [2.75, 3.05) is 7.11 Å². The van der Waals surface area contributed by atoms with Gasteiger partial charge in [0.1, 0.15) is 0 Å². The maximum Gasteiger partial charge on any atom is 0.312 e. The summed E-state index contributed by atoms with van der Waals surface area (Å²) >= 11 is 0. The highest BCUT2D eigenvalue weighted by Crippen LogP contribution is 2.75. The molecule has 3 nitrogen and oxygen atoms in total. The van der Waals surface area contributed by atoms with Gasteiger partial charge in [0.25, 0.3) is 0 Å². The van der Waals surface area contributed by atoms with Crippen LogP contribution in [0.3, 0.4) is 0 Å². The van der Waals surface area contributed by atoms with Crippen molar-refractivity contribution in [1.29, 1.82) is 0 Å². The van der Waals surface area contributed by atoms with Crippen LogP contribution >= 0.6 is 0 Å². The lowest BCUT2D eigenvalue weighted by molar-refractivity contribution is -0.206. The molecule has 3 heteroatoms. The molecule has 5 aliphatic carbocycles. The van der Waals surface area contributed by atoms with Crippen LogP contribution in [0.2, 0.25) is 0 Å². The van der Waals surface area contributed by atoms with Crippen molar-refractivity contribution >= 4 is 5.97 Å². The number of carbonyl (C=O) groups is 1. The predicted octanol–water partition coefficient (Wildman–Crippen LogP) is 7.32. The molecule has 0 radical (unpaired) electrons. The Bertz CT molecular complexity index is 900. The van der Waals surface area contributed by atoms with Gasteiger partial charge >= 0.3 is 5.97 Å². The molecule has 5 rings (SSSR count). The molecule has 0 heterocycles. The summed E-state index contributed by atoms with van der Waals surface area (Å²) in [4.78, 5) is 13.3. The number of allylic oxidation sites excluding steroid dienone is 2. The third kappa shape index (κ3) is 2.94. The summed E-state index contributed by atoms with van der Waals surface area (Å²) in [6.45, 7) is 17.2. The molecule has 192 valence electrons. The third-order valence-electron chi connectivity index (χ3n) is 13.2. The standard InChI is InChI=1S/C31H50O3/c1-26(2)15-17-31(25(33)34-8)18-16-29(6)20(21(31)19-26)9-10-23-28(5)13-12-24(32)27(3,4)22(28)11-14-30(23,29)7/h9,21-24,32H,10-19H2,1-8H3/t21-,22-,23+,24-,28+,29+,30-,31-/m0/s1. The monoisotopic (exact) mass is 470 g/mol. The number of methoxy groups -OCH3 is 1. The summed E-state index contributed by atoms with van der Waals surface area (Å²) in [7, 11) is 1.59. The topological polar surface area (TPSA) is 46.5 Å². The smallest absolute Gasteiger partial charge is 0.312 e. The number of esters is 1. The molecule has 4 fully saturated rings. The van der Waals surface area contributed by atoms with E-state index in [-0.39, 0.29) is 44.6 Å². The number of carbonyl (C=O) groups excluding carboxylic acids is 1. The number of rotatable bonds is 1. The highest BCUT2D eigenvalue weighted by Gasteiger charge is 2.69. The Morgan fingerprint density at radius 1 is 0.912 bits per heavy atom. The summed E-state index contributed by atoms with van der Waals surface area (Å²) in [5, 5.41) is 10.9. The average Bonchev–Trinajstić information content (AvgIpc) is 2.76. The van der Waals surface area contributed by atoms with Gasteiger partial charge in [0.05, 0.1) is 18.6 Å². The Kier molecular flexibility index (Phi) is 5.38. The summed E-state index contributed by atoms with van der Waals surface area (Å²) in [6.07, 6.45) is 13.4. The first-order chi connectivity index (χ1) is 15.7. The SMILES string of the molecule is COC(=O)[C@]12CCC(C)(C)C[C@H]1C1=CC[C@@H]3[C@]4(C)CC[C@H](O)C(C)(C)[C@@H]4CC[C@]3(C)[C@]1(C)CC2. The zero-order valence-electron chi connectivity index (χ0n) is 23.2. The molecule has 0 aromatic carbocycles. The van der Waals surface area contributed by atoms with Crippen molar-refractivity contribution in [3.63, 3.8) is 0 Å². The van der Waals surface area contributed by atoms with E-state index >= 15 is 0 Å². The Morgan fingerprint density at radius 2 is 1.59 bits per heavy atom.